The Hall–Kier alpha value is -1.95. The highest BCUT2D eigenvalue weighted by molar-refractivity contribution is 7.13. The van der Waals surface area contributed by atoms with Gasteiger partial charge in [-0.15, -0.1) is 11.3 Å². The lowest BCUT2D eigenvalue weighted by molar-refractivity contribution is 0.0691. The molecule has 0 aliphatic carbocycles. The summed E-state index contributed by atoms with van der Waals surface area (Å²) < 4.78 is 4.98. The number of methoxy groups -OCH3 is 1. The average molecular weight is 236 g/mol. The van der Waals surface area contributed by atoms with Gasteiger partial charge in [-0.05, 0) is 6.07 Å². The second kappa shape index (κ2) is 4.28. The number of pyridine rings is 1. The van der Waals surface area contributed by atoms with E-state index < -0.39 is 5.97 Å². The number of nitrogens with zero attached hydrogens (tertiary/aromatic N) is 2. The summed E-state index contributed by atoms with van der Waals surface area (Å²) in [5, 5.41) is 10.9. The summed E-state index contributed by atoms with van der Waals surface area (Å²) in [6, 6.07) is 3.47. The predicted octanol–water partition coefficient (Wildman–Crippen LogP) is 1.91. The molecule has 0 unspecified atom stereocenters. The fourth-order valence-electron chi connectivity index (χ4n) is 1.16. The number of aromatic nitrogens is 2. The Morgan fingerprint density at radius 2 is 2.38 bits per heavy atom. The van der Waals surface area contributed by atoms with Crippen molar-refractivity contribution in [1.82, 2.24) is 9.97 Å². The summed E-state index contributed by atoms with van der Waals surface area (Å²) in [4.78, 5) is 18.6. The highest BCUT2D eigenvalue weighted by Gasteiger charge is 2.10. The largest absolute Gasteiger partial charge is 0.481 e. The highest BCUT2D eigenvalue weighted by Crippen LogP contribution is 2.25. The van der Waals surface area contributed by atoms with Crippen LogP contribution in [0, 0.1) is 0 Å². The van der Waals surface area contributed by atoms with Crippen molar-refractivity contribution in [2.45, 2.75) is 0 Å². The van der Waals surface area contributed by atoms with Crippen molar-refractivity contribution in [1.29, 1.82) is 0 Å². The molecule has 1 N–H and O–H groups in total. The zero-order valence-corrected chi connectivity index (χ0v) is 9.19. The standard InChI is InChI=1S/C10H8N2O3S/c1-15-8-4-6(2-3-11-8)9-12-7(5-16-9)10(13)14/h2-5H,1H3,(H,13,14). The van der Waals surface area contributed by atoms with E-state index in [1.165, 1.54) is 23.8 Å². The summed E-state index contributed by atoms with van der Waals surface area (Å²) >= 11 is 1.27. The summed E-state index contributed by atoms with van der Waals surface area (Å²) in [7, 11) is 1.52. The molecule has 2 rings (SSSR count). The van der Waals surface area contributed by atoms with E-state index in [-0.39, 0.29) is 5.69 Å². The topological polar surface area (TPSA) is 72.3 Å². The van der Waals surface area contributed by atoms with Crippen LogP contribution < -0.4 is 4.74 Å². The molecular weight excluding hydrogens is 228 g/mol. The first-order chi connectivity index (χ1) is 7.70. The van der Waals surface area contributed by atoms with Gasteiger partial charge in [0.1, 0.15) is 5.01 Å². The normalized spacial score (nSPS) is 10.1. The lowest BCUT2D eigenvalue weighted by Gasteiger charge is -1.99. The summed E-state index contributed by atoms with van der Waals surface area (Å²) in [6.45, 7) is 0. The smallest absolute Gasteiger partial charge is 0.355 e. The Bertz CT molecular complexity index is 524. The van der Waals surface area contributed by atoms with Crippen LogP contribution in [0.15, 0.2) is 23.7 Å². The third-order valence-electron chi connectivity index (χ3n) is 1.91. The van der Waals surface area contributed by atoms with Crippen LogP contribution in [0.5, 0.6) is 5.88 Å². The molecule has 0 saturated carbocycles. The van der Waals surface area contributed by atoms with Crippen LogP contribution in [-0.2, 0) is 0 Å². The molecule has 0 atom stereocenters. The van der Waals surface area contributed by atoms with Crippen LogP contribution >= 0.6 is 11.3 Å². The molecule has 5 nitrogen and oxygen atoms in total. The molecule has 16 heavy (non-hydrogen) atoms. The molecule has 0 spiro atoms. The van der Waals surface area contributed by atoms with Gasteiger partial charge < -0.3 is 9.84 Å². The Morgan fingerprint density at radius 3 is 3.00 bits per heavy atom. The van der Waals surface area contributed by atoms with Crippen LogP contribution in [0.25, 0.3) is 10.6 Å². The van der Waals surface area contributed by atoms with Crippen molar-refractivity contribution in [2.24, 2.45) is 0 Å². The van der Waals surface area contributed by atoms with Gasteiger partial charge in [-0.1, -0.05) is 0 Å². The van der Waals surface area contributed by atoms with Crippen LogP contribution in [0.1, 0.15) is 10.5 Å². The molecule has 0 aliphatic heterocycles. The summed E-state index contributed by atoms with van der Waals surface area (Å²) in [5.41, 5.74) is 0.847. The molecule has 2 aromatic rings. The Morgan fingerprint density at radius 1 is 1.56 bits per heavy atom. The van der Waals surface area contributed by atoms with E-state index in [2.05, 4.69) is 9.97 Å². The monoisotopic (exact) mass is 236 g/mol. The fourth-order valence-corrected chi connectivity index (χ4v) is 1.95. The van der Waals surface area contributed by atoms with Gasteiger partial charge in [0.25, 0.3) is 0 Å². The maximum Gasteiger partial charge on any atom is 0.355 e. The van der Waals surface area contributed by atoms with Gasteiger partial charge in [0.05, 0.1) is 7.11 Å². The number of thiazole rings is 1. The molecule has 82 valence electrons. The van der Waals surface area contributed by atoms with Crippen LogP contribution in [-0.4, -0.2) is 28.2 Å². The van der Waals surface area contributed by atoms with Crippen molar-refractivity contribution in [3.63, 3.8) is 0 Å². The van der Waals surface area contributed by atoms with E-state index in [4.69, 9.17) is 9.84 Å². The van der Waals surface area contributed by atoms with Gasteiger partial charge in [-0.3, -0.25) is 0 Å². The SMILES string of the molecule is COc1cc(-c2nc(C(=O)O)cs2)ccn1. The van der Waals surface area contributed by atoms with Gasteiger partial charge in [0, 0.05) is 23.2 Å². The zero-order valence-electron chi connectivity index (χ0n) is 8.38. The molecular formula is C10H8N2O3S. The maximum absolute atomic E-state index is 10.7. The molecule has 0 saturated heterocycles. The van der Waals surface area contributed by atoms with Crippen molar-refractivity contribution in [2.75, 3.05) is 7.11 Å². The molecule has 0 aromatic carbocycles. The highest BCUT2D eigenvalue weighted by atomic mass is 32.1. The van der Waals surface area contributed by atoms with Gasteiger partial charge in [-0.2, -0.15) is 0 Å². The molecule has 0 bridgehead atoms. The first-order valence-corrected chi connectivity index (χ1v) is 5.28. The quantitative estimate of drug-likeness (QED) is 0.881. The van der Waals surface area contributed by atoms with Crippen LogP contribution in [0.3, 0.4) is 0 Å². The van der Waals surface area contributed by atoms with Gasteiger partial charge in [0.15, 0.2) is 5.69 Å². The Balaban J connectivity index is 2.38. The minimum Gasteiger partial charge on any atom is -0.481 e. The number of carboxylic acid groups (broad SMARTS) is 1. The Labute approximate surface area is 95.4 Å². The van der Waals surface area contributed by atoms with Crippen LogP contribution in [0.4, 0.5) is 0 Å². The van der Waals surface area contributed by atoms with Gasteiger partial charge >= 0.3 is 5.97 Å². The Kier molecular flexibility index (Phi) is 2.82. The molecule has 0 aliphatic rings. The maximum atomic E-state index is 10.7. The third-order valence-corrected chi connectivity index (χ3v) is 2.81. The molecule has 2 heterocycles. The predicted molar refractivity (Wildman–Crippen MR) is 58.9 cm³/mol. The van der Waals surface area contributed by atoms with Gasteiger partial charge in [-0.25, -0.2) is 14.8 Å². The third kappa shape index (κ3) is 2.01. The minimum atomic E-state index is -1.02. The molecule has 0 amide bonds. The second-order valence-electron chi connectivity index (χ2n) is 2.93. The van der Waals surface area contributed by atoms with Gasteiger partial charge in [0.2, 0.25) is 5.88 Å². The zero-order chi connectivity index (χ0) is 11.5. The first-order valence-electron chi connectivity index (χ1n) is 4.40. The van der Waals surface area contributed by atoms with Crippen LogP contribution in [0.2, 0.25) is 0 Å². The lowest BCUT2D eigenvalue weighted by Crippen LogP contribution is -1.95. The minimum absolute atomic E-state index is 0.0516. The number of hydrogen-bond acceptors (Lipinski definition) is 5. The number of carbonyl (C=O) groups is 1. The number of ether oxygens (including phenoxy) is 1. The number of carboxylic acids is 1. The summed E-state index contributed by atoms with van der Waals surface area (Å²) in [5.74, 6) is -0.548. The molecule has 6 heteroatoms. The van der Waals surface area contributed by atoms with Crippen molar-refractivity contribution in [3.8, 4) is 16.5 Å². The van der Waals surface area contributed by atoms with Crippen molar-refractivity contribution in [3.05, 3.63) is 29.4 Å². The van der Waals surface area contributed by atoms with E-state index in [1.54, 1.807) is 18.3 Å². The van der Waals surface area contributed by atoms with E-state index >= 15 is 0 Å². The van der Waals surface area contributed by atoms with Crippen molar-refractivity contribution < 1.29 is 14.6 Å². The van der Waals surface area contributed by atoms with Crippen molar-refractivity contribution >= 4 is 17.3 Å². The lowest BCUT2D eigenvalue weighted by atomic mass is 10.3. The molecule has 0 radical (unpaired) electrons. The molecule has 2 aromatic heterocycles. The fraction of sp³-hybridized carbons (Fsp3) is 0.100. The van der Waals surface area contributed by atoms with E-state index in [1.807, 2.05) is 0 Å². The van der Waals surface area contributed by atoms with E-state index in [0.717, 1.165) is 5.56 Å². The van der Waals surface area contributed by atoms with E-state index in [9.17, 15) is 4.79 Å². The second-order valence-corrected chi connectivity index (χ2v) is 3.79. The summed E-state index contributed by atoms with van der Waals surface area (Å²) in [6.07, 6.45) is 1.59. The van der Waals surface area contributed by atoms with E-state index in [0.29, 0.717) is 10.9 Å². The average Bonchev–Trinajstić information content (AvgIpc) is 2.78. The number of aromatic carboxylic acids is 1. The number of rotatable bonds is 3. The number of hydrogen-bond donors (Lipinski definition) is 1. The first kappa shape index (κ1) is 10.6. The molecule has 0 fully saturated rings.